The molecule has 2 amide bonds. The van der Waals surface area contributed by atoms with Crippen molar-refractivity contribution in [2.24, 2.45) is 0 Å². The highest BCUT2D eigenvalue weighted by Gasteiger charge is 2.29. The lowest BCUT2D eigenvalue weighted by molar-refractivity contribution is 0.105. The lowest BCUT2D eigenvalue weighted by Crippen LogP contribution is -2.53. The number of benzene rings is 1. The number of halogens is 1. The van der Waals surface area contributed by atoms with Crippen molar-refractivity contribution in [2.75, 3.05) is 53.0 Å². The van der Waals surface area contributed by atoms with Gasteiger partial charge in [-0.1, -0.05) is 31.5 Å². The summed E-state index contributed by atoms with van der Waals surface area (Å²) in [5.74, 6) is 0.719. The molecule has 0 aliphatic carbocycles. The van der Waals surface area contributed by atoms with Crippen LogP contribution in [0.2, 0.25) is 5.02 Å². The number of ether oxygens (including phenoxy) is 1. The number of carbonyl (C=O) groups excluding carboxylic acids is 1. The Morgan fingerprint density at radius 1 is 1.17 bits per heavy atom. The summed E-state index contributed by atoms with van der Waals surface area (Å²) < 4.78 is 5.15. The highest BCUT2D eigenvalue weighted by Crippen LogP contribution is 2.36. The van der Waals surface area contributed by atoms with E-state index in [2.05, 4.69) is 20.2 Å². The summed E-state index contributed by atoms with van der Waals surface area (Å²) in [4.78, 5) is 29.5. The largest absolute Gasteiger partial charge is 0.506 e. The smallest absolute Gasteiger partial charge is 0.317 e. The number of methoxy groups -OCH3 is 1. The number of H-pyrrole nitrogens is 1. The zero-order chi connectivity index (χ0) is 25.7. The minimum absolute atomic E-state index is 0.00626. The van der Waals surface area contributed by atoms with E-state index in [1.54, 1.807) is 31.6 Å². The van der Waals surface area contributed by atoms with Crippen LogP contribution in [0.5, 0.6) is 5.75 Å². The average Bonchev–Trinajstić information content (AvgIpc) is 3.35. The summed E-state index contributed by atoms with van der Waals surface area (Å²) in [6, 6.07) is 8.81. The van der Waals surface area contributed by atoms with Crippen molar-refractivity contribution >= 4 is 17.6 Å². The number of amides is 2. The Morgan fingerprint density at radius 3 is 2.56 bits per heavy atom. The predicted molar refractivity (Wildman–Crippen MR) is 140 cm³/mol. The fraction of sp³-hybridized carbons (Fsp3) is 0.423. The summed E-state index contributed by atoms with van der Waals surface area (Å²) >= 11 is 6.03. The average molecular weight is 513 g/mol. The number of carbonyl (C=O) groups is 1. The number of urea groups is 1. The summed E-state index contributed by atoms with van der Waals surface area (Å²) in [5.41, 5.74) is 2.66. The number of nitrogens with one attached hydrogen (secondary N) is 2. The molecule has 0 bridgehead atoms. The van der Waals surface area contributed by atoms with E-state index >= 15 is 0 Å². The van der Waals surface area contributed by atoms with Gasteiger partial charge in [0.1, 0.15) is 11.6 Å². The summed E-state index contributed by atoms with van der Waals surface area (Å²) in [6.07, 6.45) is 3.44. The number of rotatable bonds is 8. The van der Waals surface area contributed by atoms with Gasteiger partial charge in [-0.3, -0.25) is 9.88 Å². The Hall–Kier alpha value is -3.14. The number of aromatic hydroxyl groups is 1. The van der Waals surface area contributed by atoms with Gasteiger partial charge in [0.25, 0.3) is 0 Å². The SMILES string of the molecule is COCCN1CCN(C(=O)NCC(C)(C)c2nc(-c3ccc(Cl)c(O)c3)c(-c3ccncc3)[nH]2)CC1. The number of imidazole rings is 1. The highest BCUT2D eigenvalue weighted by atomic mass is 35.5. The number of pyridine rings is 1. The molecular formula is C26H33ClN6O3. The van der Waals surface area contributed by atoms with Crippen LogP contribution in [-0.2, 0) is 10.2 Å². The third kappa shape index (κ3) is 5.98. The minimum Gasteiger partial charge on any atom is -0.506 e. The van der Waals surface area contributed by atoms with E-state index in [1.165, 1.54) is 0 Å². The zero-order valence-electron chi connectivity index (χ0n) is 20.9. The van der Waals surface area contributed by atoms with E-state index in [1.807, 2.05) is 36.9 Å². The van der Waals surface area contributed by atoms with Crippen LogP contribution in [0, 0.1) is 0 Å². The first-order valence-electron chi connectivity index (χ1n) is 12.0. The van der Waals surface area contributed by atoms with Crippen molar-refractivity contribution in [3.63, 3.8) is 0 Å². The lowest BCUT2D eigenvalue weighted by Gasteiger charge is -2.35. The summed E-state index contributed by atoms with van der Waals surface area (Å²) in [5, 5.41) is 13.5. The van der Waals surface area contributed by atoms with Crippen molar-refractivity contribution in [1.29, 1.82) is 0 Å². The highest BCUT2D eigenvalue weighted by molar-refractivity contribution is 6.32. The Balaban J connectivity index is 1.50. The Kier molecular flexibility index (Phi) is 8.13. The molecule has 4 rings (SSSR count). The van der Waals surface area contributed by atoms with Gasteiger partial charge in [0, 0.05) is 75.3 Å². The number of aromatic amines is 1. The van der Waals surface area contributed by atoms with Crippen LogP contribution in [0.1, 0.15) is 19.7 Å². The van der Waals surface area contributed by atoms with Crippen LogP contribution in [0.3, 0.4) is 0 Å². The molecule has 3 N–H and O–H groups in total. The molecule has 1 aliphatic heterocycles. The van der Waals surface area contributed by atoms with Gasteiger partial charge in [-0.15, -0.1) is 0 Å². The number of phenolic OH excluding ortho intramolecular Hbond substituents is 1. The number of piperazine rings is 1. The Bertz CT molecular complexity index is 1180. The van der Waals surface area contributed by atoms with Crippen molar-refractivity contribution in [3.05, 3.63) is 53.6 Å². The molecule has 192 valence electrons. The maximum atomic E-state index is 12.9. The topological polar surface area (TPSA) is 107 Å². The molecule has 2 aromatic heterocycles. The van der Waals surface area contributed by atoms with E-state index in [4.69, 9.17) is 21.3 Å². The quantitative estimate of drug-likeness (QED) is 0.424. The fourth-order valence-electron chi connectivity index (χ4n) is 4.18. The van der Waals surface area contributed by atoms with E-state index in [0.29, 0.717) is 31.9 Å². The van der Waals surface area contributed by atoms with Crippen molar-refractivity contribution in [3.8, 4) is 28.3 Å². The molecular weight excluding hydrogens is 480 g/mol. The fourth-order valence-corrected chi connectivity index (χ4v) is 4.29. The van der Waals surface area contributed by atoms with E-state index in [-0.39, 0.29) is 16.8 Å². The molecule has 0 atom stereocenters. The van der Waals surface area contributed by atoms with Crippen LogP contribution < -0.4 is 5.32 Å². The van der Waals surface area contributed by atoms with Gasteiger partial charge in [-0.25, -0.2) is 9.78 Å². The number of hydrogen-bond acceptors (Lipinski definition) is 6. The maximum Gasteiger partial charge on any atom is 0.317 e. The lowest BCUT2D eigenvalue weighted by atomic mass is 9.92. The first kappa shape index (κ1) is 25.9. The second-order valence-electron chi connectivity index (χ2n) is 9.58. The molecule has 0 radical (unpaired) electrons. The van der Waals surface area contributed by atoms with Crippen LogP contribution >= 0.6 is 11.6 Å². The molecule has 3 aromatic rings. The molecule has 36 heavy (non-hydrogen) atoms. The van der Waals surface area contributed by atoms with Crippen LogP contribution in [0.25, 0.3) is 22.5 Å². The van der Waals surface area contributed by atoms with E-state index in [0.717, 1.165) is 42.3 Å². The van der Waals surface area contributed by atoms with Gasteiger partial charge >= 0.3 is 6.03 Å². The van der Waals surface area contributed by atoms with Crippen LogP contribution in [-0.4, -0.2) is 88.9 Å². The first-order valence-corrected chi connectivity index (χ1v) is 12.4. The molecule has 10 heteroatoms. The summed E-state index contributed by atoms with van der Waals surface area (Å²) in [7, 11) is 1.70. The van der Waals surface area contributed by atoms with Crippen LogP contribution in [0.15, 0.2) is 42.7 Å². The zero-order valence-corrected chi connectivity index (χ0v) is 21.7. The molecule has 1 saturated heterocycles. The van der Waals surface area contributed by atoms with E-state index in [9.17, 15) is 9.90 Å². The van der Waals surface area contributed by atoms with Crippen LogP contribution in [0.4, 0.5) is 4.79 Å². The third-order valence-electron chi connectivity index (χ3n) is 6.49. The molecule has 1 fully saturated rings. The Morgan fingerprint density at radius 2 is 1.89 bits per heavy atom. The van der Waals surface area contributed by atoms with E-state index < -0.39 is 5.41 Å². The molecule has 3 heterocycles. The normalized spacial score (nSPS) is 14.7. The summed E-state index contributed by atoms with van der Waals surface area (Å²) in [6.45, 7) is 9.11. The third-order valence-corrected chi connectivity index (χ3v) is 6.81. The molecule has 0 spiro atoms. The maximum absolute atomic E-state index is 12.9. The molecule has 0 unspecified atom stereocenters. The van der Waals surface area contributed by atoms with Gasteiger partial charge in [-0.2, -0.15) is 0 Å². The number of nitrogens with zero attached hydrogens (tertiary/aromatic N) is 4. The van der Waals surface area contributed by atoms with Gasteiger partial charge < -0.3 is 25.0 Å². The van der Waals surface area contributed by atoms with Gasteiger partial charge in [0.2, 0.25) is 0 Å². The van der Waals surface area contributed by atoms with Gasteiger partial charge in [0.05, 0.1) is 23.0 Å². The molecule has 9 nitrogen and oxygen atoms in total. The van der Waals surface area contributed by atoms with Gasteiger partial charge in [0.15, 0.2) is 0 Å². The predicted octanol–water partition coefficient (Wildman–Crippen LogP) is 3.75. The number of phenols is 1. The van der Waals surface area contributed by atoms with Crippen molar-refractivity contribution in [2.45, 2.75) is 19.3 Å². The Labute approximate surface area is 216 Å². The number of aromatic nitrogens is 3. The van der Waals surface area contributed by atoms with Crippen molar-refractivity contribution in [1.82, 2.24) is 30.1 Å². The first-order chi connectivity index (χ1) is 17.3. The van der Waals surface area contributed by atoms with Gasteiger partial charge in [-0.05, 0) is 24.3 Å². The standard InChI is InChI=1S/C26H33ClN6O3/c1-26(2,17-29-25(35)33-12-10-32(11-13-33)14-15-36-3)24-30-22(18-6-8-28-9-7-18)23(31-24)19-4-5-20(27)21(34)16-19/h4-9,16,34H,10-15,17H2,1-3H3,(H,29,35)(H,30,31). The second kappa shape index (κ2) is 11.3. The molecule has 1 aromatic carbocycles. The monoisotopic (exact) mass is 512 g/mol. The minimum atomic E-state index is -0.482. The second-order valence-corrected chi connectivity index (χ2v) is 9.98. The number of hydrogen-bond donors (Lipinski definition) is 3. The van der Waals surface area contributed by atoms with Crippen molar-refractivity contribution < 1.29 is 14.6 Å². The molecule has 1 aliphatic rings. The molecule has 0 saturated carbocycles.